The average molecular weight is 226 g/mol. The normalized spacial score (nSPS) is 22.4. The molecule has 0 spiro atoms. The van der Waals surface area contributed by atoms with Crippen LogP contribution < -0.4 is 5.32 Å². The lowest BCUT2D eigenvalue weighted by Gasteiger charge is -2.37. The molecule has 1 saturated heterocycles. The van der Waals surface area contributed by atoms with Crippen molar-refractivity contribution < 1.29 is 14.7 Å². The first-order valence-corrected chi connectivity index (χ1v) is 5.84. The number of urea groups is 1. The Bertz CT molecular complexity index is 296. The molecule has 0 aromatic rings. The van der Waals surface area contributed by atoms with Gasteiger partial charge in [-0.3, -0.25) is 4.79 Å². The molecule has 90 valence electrons. The summed E-state index contributed by atoms with van der Waals surface area (Å²) in [5.41, 5.74) is 0. The van der Waals surface area contributed by atoms with Gasteiger partial charge in [-0.05, 0) is 19.3 Å². The van der Waals surface area contributed by atoms with Gasteiger partial charge in [-0.25, -0.2) is 4.79 Å². The van der Waals surface area contributed by atoms with E-state index in [0.717, 1.165) is 12.3 Å². The Kier molecular flexibility index (Phi) is 3.03. The van der Waals surface area contributed by atoms with Crippen LogP contribution in [0.15, 0.2) is 0 Å². The van der Waals surface area contributed by atoms with E-state index in [1.165, 1.54) is 12.8 Å². The van der Waals surface area contributed by atoms with Crippen molar-refractivity contribution in [3.8, 4) is 0 Å². The lowest BCUT2D eigenvalue weighted by atomic mass is 10.0. The zero-order chi connectivity index (χ0) is 11.7. The number of aliphatic carboxylic acids is 1. The molecule has 0 aromatic heterocycles. The molecule has 0 bridgehead atoms. The topological polar surface area (TPSA) is 69.6 Å². The molecule has 0 aromatic carbocycles. The van der Waals surface area contributed by atoms with Gasteiger partial charge >= 0.3 is 12.0 Å². The van der Waals surface area contributed by atoms with Crippen molar-refractivity contribution in [3.63, 3.8) is 0 Å². The first-order valence-electron chi connectivity index (χ1n) is 5.84. The Labute approximate surface area is 94.8 Å². The van der Waals surface area contributed by atoms with Crippen LogP contribution in [-0.2, 0) is 4.79 Å². The van der Waals surface area contributed by atoms with Crippen molar-refractivity contribution in [1.82, 2.24) is 10.2 Å². The lowest BCUT2D eigenvalue weighted by Crippen LogP contribution is -2.57. The average Bonchev–Trinajstić information content (AvgIpc) is 2.83. The number of nitrogens with zero attached hydrogens (tertiary/aromatic N) is 1. The maximum Gasteiger partial charge on any atom is 0.317 e. The van der Waals surface area contributed by atoms with E-state index in [2.05, 4.69) is 5.32 Å². The highest BCUT2D eigenvalue weighted by atomic mass is 16.4. The second-order valence-electron chi connectivity index (χ2n) is 4.97. The standard InChI is InChI=1S/C11H18N2O3/c1-7(4-8-2-3-8)12-11(16)13-5-9(6-13)10(14)15/h7-9H,2-6H2,1H3,(H,12,16)(H,14,15). The fourth-order valence-electron chi connectivity index (χ4n) is 2.02. The minimum absolute atomic E-state index is 0.120. The highest BCUT2D eigenvalue weighted by molar-refractivity contribution is 5.79. The molecule has 16 heavy (non-hydrogen) atoms. The van der Waals surface area contributed by atoms with Crippen molar-refractivity contribution in [2.45, 2.75) is 32.2 Å². The maximum atomic E-state index is 11.6. The van der Waals surface area contributed by atoms with Gasteiger partial charge in [0.05, 0.1) is 5.92 Å². The van der Waals surface area contributed by atoms with Gasteiger partial charge in [-0.1, -0.05) is 12.8 Å². The number of carboxylic acid groups (broad SMARTS) is 1. The predicted molar refractivity (Wildman–Crippen MR) is 58.0 cm³/mol. The molecule has 1 aliphatic heterocycles. The van der Waals surface area contributed by atoms with Crippen molar-refractivity contribution in [2.24, 2.45) is 11.8 Å². The fraction of sp³-hybridized carbons (Fsp3) is 0.818. The minimum atomic E-state index is -0.810. The maximum absolute atomic E-state index is 11.6. The molecule has 5 nitrogen and oxygen atoms in total. The van der Waals surface area contributed by atoms with E-state index in [1.54, 1.807) is 4.90 Å². The Morgan fingerprint density at radius 2 is 2.06 bits per heavy atom. The summed E-state index contributed by atoms with van der Waals surface area (Å²) in [4.78, 5) is 23.8. The van der Waals surface area contributed by atoms with Crippen LogP contribution in [0.3, 0.4) is 0 Å². The zero-order valence-corrected chi connectivity index (χ0v) is 9.48. The minimum Gasteiger partial charge on any atom is -0.481 e. The monoisotopic (exact) mass is 226 g/mol. The Hall–Kier alpha value is -1.26. The summed E-state index contributed by atoms with van der Waals surface area (Å²) >= 11 is 0. The van der Waals surface area contributed by atoms with E-state index in [9.17, 15) is 9.59 Å². The summed E-state index contributed by atoms with van der Waals surface area (Å²) in [6.07, 6.45) is 3.61. The highest BCUT2D eigenvalue weighted by Crippen LogP contribution is 2.33. The van der Waals surface area contributed by atoms with E-state index < -0.39 is 5.97 Å². The number of nitrogens with one attached hydrogen (secondary N) is 1. The van der Waals surface area contributed by atoms with E-state index in [4.69, 9.17) is 5.11 Å². The van der Waals surface area contributed by atoms with E-state index >= 15 is 0 Å². The number of carbonyl (C=O) groups excluding carboxylic acids is 1. The van der Waals surface area contributed by atoms with E-state index in [-0.39, 0.29) is 18.0 Å². The Morgan fingerprint density at radius 1 is 1.44 bits per heavy atom. The van der Waals surface area contributed by atoms with Gasteiger partial charge in [-0.2, -0.15) is 0 Å². The zero-order valence-electron chi connectivity index (χ0n) is 9.48. The van der Waals surface area contributed by atoms with Crippen LogP contribution in [0.25, 0.3) is 0 Å². The predicted octanol–water partition coefficient (Wildman–Crippen LogP) is 0.901. The van der Waals surface area contributed by atoms with Gasteiger partial charge in [0.25, 0.3) is 0 Å². The molecule has 1 atom stereocenters. The van der Waals surface area contributed by atoms with Crippen LogP contribution in [-0.4, -0.2) is 41.1 Å². The molecule has 2 fully saturated rings. The quantitative estimate of drug-likeness (QED) is 0.748. The van der Waals surface area contributed by atoms with Crippen molar-refractivity contribution in [1.29, 1.82) is 0 Å². The third-order valence-corrected chi connectivity index (χ3v) is 3.27. The van der Waals surface area contributed by atoms with Crippen LogP contribution in [0.2, 0.25) is 0 Å². The van der Waals surface area contributed by atoms with Crippen LogP contribution >= 0.6 is 0 Å². The summed E-state index contributed by atoms with van der Waals surface area (Å²) in [5, 5.41) is 11.6. The van der Waals surface area contributed by atoms with Gasteiger partial charge < -0.3 is 15.3 Å². The van der Waals surface area contributed by atoms with Gasteiger partial charge in [0.2, 0.25) is 0 Å². The first kappa shape index (κ1) is 11.2. The van der Waals surface area contributed by atoms with Gasteiger partial charge in [0, 0.05) is 19.1 Å². The SMILES string of the molecule is CC(CC1CC1)NC(=O)N1CC(C(=O)O)C1. The number of carbonyl (C=O) groups is 2. The van der Waals surface area contributed by atoms with Crippen LogP contribution in [0.5, 0.6) is 0 Å². The van der Waals surface area contributed by atoms with Gasteiger partial charge in [-0.15, -0.1) is 0 Å². The molecule has 1 saturated carbocycles. The summed E-state index contributed by atoms with van der Waals surface area (Å²) < 4.78 is 0. The van der Waals surface area contributed by atoms with Crippen molar-refractivity contribution >= 4 is 12.0 Å². The third kappa shape index (κ3) is 2.65. The van der Waals surface area contributed by atoms with Gasteiger partial charge in [0.1, 0.15) is 0 Å². The fourth-order valence-corrected chi connectivity index (χ4v) is 2.02. The van der Waals surface area contributed by atoms with Gasteiger partial charge in [0.15, 0.2) is 0 Å². The smallest absolute Gasteiger partial charge is 0.317 e. The molecular formula is C11H18N2O3. The molecule has 1 heterocycles. The Morgan fingerprint density at radius 3 is 2.56 bits per heavy atom. The molecule has 2 rings (SSSR count). The van der Waals surface area contributed by atoms with Crippen LogP contribution in [0, 0.1) is 11.8 Å². The molecule has 5 heteroatoms. The van der Waals surface area contributed by atoms with E-state index in [0.29, 0.717) is 13.1 Å². The largest absolute Gasteiger partial charge is 0.481 e. The summed E-state index contributed by atoms with van der Waals surface area (Å²) in [6.45, 7) is 2.69. The number of likely N-dealkylation sites (tertiary alicyclic amines) is 1. The number of rotatable bonds is 4. The van der Waals surface area contributed by atoms with Crippen LogP contribution in [0.1, 0.15) is 26.2 Å². The van der Waals surface area contributed by atoms with Crippen LogP contribution in [0.4, 0.5) is 4.79 Å². The Balaban J connectivity index is 1.66. The molecule has 2 amide bonds. The first-order chi connectivity index (χ1) is 7.56. The van der Waals surface area contributed by atoms with Crippen molar-refractivity contribution in [2.75, 3.05) is 13.1 Å². The summed E-state index contributed by atoms with van der Waals surface area (Å²) in [7, 11) is 0. The highest BCUT2D eigenvalue weighted by Gasteiger charge is 2.36. The lowest BCUT2D eigenvalue weighted by molar-refractivity contribution is -0.146. The molecule has 2 aliphatic rings. The second kappa shape index (κ2) is 4.31. The number of amides is 2. The summed E-state index contributed by atoms with van der Waals surface area (Å²) in [5.74, 6) is -0.391. The van der Waals surface area contributed by atoms with E-state index in [1.807, 2.05) is 6.92 Å². The molecule has 1 aliphatic carbocycles. The molecule has 0 radical (unpaired) electrons. The molecular weight excluding hydrogens is 208 g/mol. The third-order valence-electron chi connectivity index (χ3n) is 3.27. The number of hydrogen-bond acceptors (Lipinski definition) is 2. The molecule has 2 N–H and O–H groups in total. The summed E-state index contributed by atoms with van der Waals surface area (Å²) in [6, 6.07) is 0.0783. The van der Waals surface area contributed by atoms with Crippen molar-refractivity contribution in [3.05, 3.63) is 0 Å². The molecule has 1 unspecified atom stereocenters. The number of hydrogen-bond donors (Lipinski definition) is 2. The second-order valence-corrected chi connectivity index (χ2v) is 4.97. The number of carboxylic acids is 1.